The van der Waals surface area contributed by atoms with Gasteiger partial charge in [0, 0.05) is 6.54 Å². The molecule has 1 N–H and O–H groups in total. The zero-order chi connectivity index (χ0) is 15.5. The highest BCUT2D eigenvalue weighted by Crippen LogP contribution is 2.26. The monoisotopic (exact) mass is 313 g/mol. The van der Waals surface area contributed by atoms with Crippen LogP contribution in [0.25, 0.3) is 0 Å². The summed E-state index contributed by atoms with van der Waals surface area (Å²) in [5, 5.41) is 9.30. The second kappa shape index (κ2) is 6.44. The fourth-order valence-corrected chi connectivity index (χ4v) is 4.15. The number of carbonyl (C=O) groups is 1. The van der Waals surface area contributed by atoms with Crippen LogP contribution in [-0.2, 0) is 14.8 Å². The first kappa shape index (κ1) is 15.8. The molecule has 6 nitrogen and oxygen atoms in total. The van der Waals surface area contributed by atoms with E-state index in [2.05, 4.69) is 0 Å². The highest BCUT2D eigenvalue weighted by Gasteiger charge is 2.36. The number of sulfonamides is 1. The van der Waals surface area contributed by atoms with E-state index in [9.17, 15) is 18.3 Å². The Kier molecular flexibility index (Phi) is 4.84. The SMILES string of the molecule is COc1ccc(S(=O)(=O)N2CCCCC[C@@H]2C(=O)O)cc1. The van der Waals surface area contributed by atoms with Crippen LogP contribution in [0.15, 0.2) is 29.2 Å². The number of methoxy groups -OCH3 is 1. The number of benzene rings is 1. The van der Waals surface area contributed by atoms with E-state index >= 15 is 0 Å². The Balaban J connectivity index is 2.36. The lowest BCUT2D eigenvalue weighted by Gasteiger charge is -2.26. The molecule has 1 aromatic rings. The van der Waals surface area contributed by atoms with Gasteiger partial charge in [0.25, 0.3) is 0 Å². The van der Waals surface area contributed by atoms with Crippen molar-refractivity contribution < 1.29 is 23.1 Å². The van der Waals surface area contributed by atoms with Gasteiger partial charge in [0.1, 0.15) is 11.8 Å². The zero-order valence-electron chi connectivity index (χ0n) is 11.9. The first-order valence-corrected chi connectivity index (χ1v) is 8.29. The Labute approximate surface area is 124 Å². The third-order valence-electron chi connectivity index (χ3n) is 3.65. The van der Waals surface area contributed by atoms with Crippen LogP contribution in [0.3, 0.4) is 0 Å². The van der Waals surface area contributed by atoms with Gasteiger partial charge in [-0.1, -0.05) is 12.8 Å². The number of carboxylic acids is 1. The van der Waals surface area contributed by atoms with Gasteiger partial charge in [-0.3, -0.25) is 4.79 Å². The summed E-state index contributed by atoms with van der Waals surface area (Å²) in [6.45, 7) is 0.241. The number of nitrogens with zero attached hydrogens (tertiary/aromatic N) is 1. The third-order valence-corrected chi connectivity index (χ3v) is 5.58. The van der Waals surface area contributed by atoms with Gasteiger partial charge in [-0.2, -0.15) is 4.31 Å². The highest BCUT2D eigenvalue weighted by molar-refractivity contribution is 7.89. The molecular weight excluding hydrogens is 294 g/mol. The van der Waals surface area contributed by atoms with E-state index in [-0.39, 0.29) is 11.4 Å². The third kappa shape index (κ3) is 3.36. The minimum atomic E-state index is -3.81. The number of rotatable bonds is 4. The molecule has 116 valence electrons. The van der Waals surface area contributed by atoms with Crippen molar-refractivity contribution in [2.45, 2.75) is 36.6 Å². The molecule has 1 aromatic carbocycles. The normalized spacial score (nSPS) is 20.7. The van der Waals surface area contributed by atoms with Crippen LogP contribution in [0.1, 0.15) is 25.7 Å². The first-order chi connectivity index (χ1) is 9.96. The molecule has 1 aliphatic heterocycles. The molecule has 0 amide bonds. The summed E-state index contributed by atoms with van der Waals surface area (Å²) in [7, 11) is -2.31. The van der Waals surface area contributed by atoms with E-state index < -0.39 is 22.0 Å². The van der Waals surface area contributed by atoms with Crippen molar-refractivity contribution in [1.82, 2.24) is 4.31 Å². The number of carboxylic acid groups (broad SMARTS) is 1. The zero-order valence-corrected chi connectivity index (χ0v) is 12.7. The fourth-order valence-electron chi connectivity index (χ4n) is 2.50. The number of hydrogen-bond donors (Lipinski definition) is 1. The van der Waals surface area contributed by atoms with Gasteiger partial charge in [-0.15, -0.1) is 0 Å². The van der Waals surface area contributed by atoms with Crippen LogP contribution in [0, 0.1) is 0 Å². The molecule has 0 bridgehead atoms. The number of ether oxygens (including phenoxy) is 1. The van der Waals surface area contributed by atoms with Crippen LogP contribution < -0.4 is 4.74 Å². The van der Waals surface area contributed by atoms with E-state index in [1.165, 1.54) is 19.2 Å². The van der Waals surface area contributed by atoms with Crippen molar-refractivity contribution in [3.05, 3.63) is 24.3 Å². The molecule has 21 heavy (non-hydrogen) atoms. The Hall–Kier alpha value is -1.60. The van der Waals surface area contributed by atoms with Crippen LogP contribution in [-0.4, -0.2) is 43.5 Å². The lowest BCUT2D eigenvalue weighted by molar-refractivity contribution is -0.141. The molecule has 1 saturated heterocycles. The molecule has 0 radical (unpaired) electrons. The molecule has 0 unspecified atom stereocenters. The minimum Gasteiger partial charge on any atom is -0.497 e. The quantitative estimate of drug-likeness (QED) is 0.915. The number of hydrogen-bond acceptors (Lipinski definition) is 4. The number of aliphatic carboxylic acids is 1. The Morgan fingerprint density at radius 1 is 1.24 bits per heavy atom. The van der Waals surface area contributed by atoms with Crippen molar-refractivity contribution in [3.8, 4) is 5.75 Å². The maximum Gasteiger partial charge on any atom is 0.322 e. The van der Waals surface area contributed by atoms with Crippen molar-refractivity contribution >= 4 is 16.0 Å². The summed E-state index contributed by atoms with van der Waals surface area (Å²) < 4.78 is 31.5. The van der Waals surface area contributed by atoms with Gasteiger partial charge in [0.05, 0.1) is 12.0 Å². The lowest BCUT2D eigenvalue weighted by atomic mass is 10.1. The fraction of sp³-hybridized carbons (Fsp3) is 0.500. The maximum atomic E-state index is 12.7. The Bertz CT molecular complexity index is 596. The summed E-state index contributed by atoms with van der Waals surface area (Å²) in [6, 6.07) is 5.01. The molecule has 1 fully saturated rings. The van der Waals surface area contributed by atoms with Crippen LogP contribution >= 0.6 is 0 Å². The summed E-state index contributed by atoms with van der Waals surface area (Å²) in [5.74, 6) is -0.534. The molecule has 0 aliphatic carbocycles. The topological polar surface area (TPSA) is 83.9 Å². The van der Waals surface area contributed by atoms with Gasteiger partial charge in [-0.25, -0.2) is 8.42 Å². The van der Waals surface area contributed by atoms with E-state index in [0.29, 0.717) is 18.6 Å². The van der Waals surface area contributed by atoms with Gasteiger partial charge in [0.15, 0.2) is 0 Å². The van der Waals surface area contributed by atoms with Crippen LogP contribution in [0.4, 0.5) is 0 Å². The van der Waals surface area contributed by atoms with Crippen LogP contribution in [0.2, 0.25) is 0 Å². The largest absolute Gasteiger partial charge is 0.497 e. The van der Waals surface area contributed by atoms with Gasteiger partial charge >= 0.3 is 5.97 Å². The van der Waals surface area contributed by atoms with Crippen LogP contribution in [0.5, 0.6) is 5.75 Å². The van der Waals surface area contributed by atoms with E-state index in [1.807, 2.05) is 0 Å². The summed E-state index contributed by atoms with van der Waals surface area (Å²) in [5.41, 5.74) is 0. The molecular formula is C14H19NO5S. The second-order valence-electron chi connectivity index (χ2n) is 4.99. The first-order valence-electron chi connectivity index (χ1n) is 6.85. The smallest absolute Gasteiger partial charge is 0.322 e. The molecule has 1 atom stereocenters. The van der Waals surface area contributed by atoms with Gasteiger partial charge in [-0.05, 0) is 37.1 Å². The molecule has 0 spiro atoms. The summed E-state index contributed by atoms with van der Waals surface area (Å²) >= 11 is 0. The predicted molar refractivity (Wildman–Crippen MR) is 76.8 cm³/mol. The average molecular weight is 313 g/mol. The molecule has 0 aromatic heterocycles. The van der Waals surface area contributed by atoms with E-state index in [4.69, 9.17) is 4.74 Å². The summed E-state index contributed by atoms with van der Waals surface area (Å²) in [4.78, 5) is 11.5. The minimum absolute atomic E-state index is 0.0939. The Morgan fingerprint density at radius 2 is 1.90 bits per heavy atom. The van der Waals surface area contributed by atoms with Crippen molar-refractivity contribution in [1.29, 1.82) is 0 Å². The second-order valence-corrected chi connectivity index (χ2v) is 6.89. The predicted octanol–water partition coefficient (Wildman–Crippen LogP) is 1.71. The summed E-state index contributed by atoms with van der Waals surface area (Å²) in [6.07, 6.45) is 2.61. The Morgan fingerprint density at radius 3 is 2.48 bits per heavy atom. The van der Waals surface area contributed by atoms with E-state index in [0.717, 1.165) is 17.1 Å². The highest BCUT2D eigenvalue weighted by atomic mass is 32.2. The molecule has 0 saturated carbocycles. The maximum absolute atomic E-state index is 12.7. The lowest BCUT2D eigenvalue weighted by Crippen LogP contribution is -2.44. The standard InChI is InChI=1S/C14H19NO5S/c1-20-11-6-8-12(9-7-11)21(18,19)15-10-4-2-3-5-13(15)14(16)17/h6-9,13H,2-5,10H2,1H3,(H,16,17)/t13-/m1/s1. The molecule has 7 heteroatoms. The van der Waals surface area contributed by atoms with Crippen molar-refractivity contribution in [2.75, 3.05) is 13.7 Å². The molecule has 1 aliphatic rings. The van der Waals surface area contributed by atoms with Crippen molar-refractivity contribution in [2.24, 2.45) is 0 Å². The van der Waals surface area contributed by atoms with Gasteiger partial charge < -0.3 is 9.84 Å². The average Bonchev–Trinajstić information content (AvgIpc) is 2.73. The molecule has 1 heterocycles. The van der Waals surface area contributed by atoms with E-state index in [1.54, 1.807) is 12.1 Å². The van der Waals surface area contributed by atoms with Crippen molar-refractivity contribution in [3.63, 3.8) is 0 Å². The van der Waals surface area contributed by atoms with Gasteiger partial charge in [0.2, 0.25) is 10.0 Å². The molecule has 2 rings (SSSR count).